The van der Waals surface area contributed by atoms with Crippen molar-refractivity contribution in [2.24, 2.45) is 5.73 Å². The van der Waals surface area contributed by atoms with Gasteiger partial charge in [-0.15, -0.1) is 0 Å². The highest BCUT2D eigenvalue weighted by Gasteiger charge is 2.41. The second-order valence-corrected chi connectivity index (χ2v) is 13.3. The number of alkyl carbamates (subject to hydrolysis) is 1. The number of rotatable bonds is 7. The normalized spacial score (nSPS) is 16.3. The first-order valence-corrected chi connectivity index (χ1v) is 16.0. The van der Waals surface area contributed by atoms with Gasteiger partial charge in [0.15, 0.2) is 22.8 Å². The molecule has 6 rings (SSSR count). The number of fused-ring (bicyclic) bond motifs is 1. The van der Waals surface area contributed by atoms with E-state index in [4.69, 9.17) is 25.2 Å². The highest BCUT2D eigenvalue weighted by Crippen LogP contribution is 2.37. The lowest BCUT2D eigenvalue weighted by Gasteiger charge is -2.44. The predicted octanol–water partition coefficient (Wildman–Crippen LogP) is 5.52. The number of nitrogens with zero attached hydrogens (tertiary/aromatic N) is 7. The van der Waals surface area contributed by atoms with E-state index < -0.39 is 34.8 Å². The third kappa shape index (κ3) is 6.88. The summed E-state index contributed by atoms with van der Waals surface area (Å²) in [5.41, 5.74) is 8.30. The van der Waals surface area contributed by atoms with Gasteiger partial charge < -0.3 is 30.0 Å². The number of amides is 2. The van der Waals surface area contributed by atoms with Crippen molar-refractivity contribution >= 4 is 29.0 Å². The largest absolute Gasteiger partial charge is 0.453 e. The Kier molecular flexibility index (Phi) is 9.08. The average Bonchev–Trinajstić information content (AvgIpc) is 3.48. The molecule has 0 saturated carbocycles. The third-order valence-corrected chi connectivity index (χ3v) is 8.56. The molecule has 4 aromatic heterocycles. The van der Waals surface area contributed by atoms with Crippen LogP contribution >= 0.6 is 0 Å². The van der Waals surface area contributed by atoms with Crippen molar-refractivity contribution in [1.82, 2.24) is 34.8 Å². The zero-order valence-corrected chi connectivity index (χ0v) is 28.3. The number of aryl methyl sites for hydroxylation is 1. The van der Waals surface area contributed by atoms with Gasteiger partial charge in [0.05, 0.1) is 43.3 Å². The Morgan fingerprint density at radius 1 is 1.06 bits per heavy atom. The number of hydrogen-bond acceptors (Lipinski definition) is 10. The number of imidazole rings is 1. The Morgan fingerprint density at radius 3 is 2.56 bits per heavy atom. The van der Waals surface area contributed by atoms with Crippen molar-refractivity contribution < 1.29 is 27.8 Å². The van der Waals surface area contributed by atoms with Crippen LogP contribution < -0.4 is 20.7 Å². The third-order valence-electron chi connectivity index (χ3n) is 8.56. The molecule has 1 aromatic carbocycles. The Labute approximate surface area is 286 Å². The molecule has 1 fully saturated rings. The molecular formula is C35H37F2N9O4. The number of carbonyl (C=O) groups excluding carboxylic acids is 2. The van der Waals surface area contributed by atoms with E-state index in [1.165, 1.54) is 13.2 Å². The standard InChI is InChI=1S/C35H37F2N9O4/c1-20-8-6-9-27(41-20)35(44-33(48)49-5)12-7-13-45(18-35)26-16-39-25(21-10-11-23(36)24(37)14-21)15-22(26)17-46-19-40-28-29(46)42-31(34(2,3)4)43-30(28)50-32(38)47/h6,8-11,14-16,19H,7,12-13,17-18H2,1-5H3,(H2,38,47)(H,44,48). The average molecular weight is 686 g/mol. The van der Waals surface area contributed by atoms with Crippen molar-refractivity contribution in [2.45, 2.75) is 58.0 Å². The molecule has 0 spiro atoms. The Bertz CT molecular complexity index is 2100. The van der Waals surface area contributed by atoms with Gasteiger partial charge in [-0.25, -0.2) is 28.3 Å². The van der Waals surface area contributed by atoms with Crippen LogP contribution in [0.1, 0.15) is 56.4 Å². The van der Waals surface area contributed by atoms with Crippen LogP contribution in [-0.4, -0.2) is 61.9 Å². The van der Waals surface area contributed by atoms with E-state index in [1.807, 2.05) is 45.9 Å². The smallest absolute Gasteiger partial charge is 0.411 e. The van der Waals surface area contributed by atoms with E-state index in [-0.39, 0.29) is 17.9 Å². The number of primary amides is 1. The number of halogens is 2. The van der Waals surface area contributed by atoms with Gasteiger partial charge in [0.2, 0.25) is 0 Å². The minimum Gasteiger partial charge on any atom is -0.453 e. The molecule has 0 radical (unpaired) electrons. The van der Waals surface area contributed by atoms with Crippen molar-refractivity contribution in [1.29, 1.82) is 0 Å². The maximum Gasteiger partial charge on any atom is 0.411 e. The van der Waals surface area contributed by atoms with Crippen LogP contribution in [-0.2, 0) is 22.2 Å². The van der Waals surface area contributed by atoms with Gasteiger partial charge in [0, 0.05) is 29.8 Å². The molecular weight excluding hydrogens is 648 g/mol. The summed E-state index contributed by atoms with van der Waals surface area (Å²) in [6.07, 6.45) is 2.90. The summed E-state index contributed by atoms with van der Waals surface area (Å²) in [4.78, 5) is 49.7. The zero-order chi connectivity index (χ0) is 35.8. The van der Waals surface area contributed by atoms with Crippen molar-refractivity contribution in [2.75, 3.05) is 25.1 Å². The minimum atomic E-state index is -1.04. The number of benzene rings is 1. The molecule has 5 heterocycles. The van der Waals surface area contributed by atoms with Crippen molar-refractivity contribution in [3.05, 3.63) is 89.4 Å². The van der Waals surface area contributed by atoms with Gasteiger partial charge in [-0.2, -0.15) is 4.98 Å². The monoisotopic (exact) mass is 685 g/mol. The highest BCUT2D eigenvalue weighted by atomic mass is 19.2. The quantitative estimate of drug-likeness (QED) is 0.223. The molecule has 15 heteroatoms. The lowest BCUT2D eigenvalue weighted by Crippen LogP contribution is -2.57. The van der Waals surface area contributed by atoms with Crippen LogP contribution in [0.15, 0.2) is 55.0 Å². The number of nitrogens with one attached hydrogen (secondary N) is 1. The van der Waals surface area contributed by atoms with Crippen molar-refractivity contribution in [3.8, 4) is 17.1 Å². The number of ether oxygens (including phenoxy) is 2. The second-order valence-electron chi connectivity index (χ2n) is 13.3. The van der Waals surface area contributed by atoms with Gasteiger partial charge in [-0.05, 0) is 61.7 Å². The first-order chi connectivity index (χ1) is 23.8. The lowest BCUT2D eigenvalue weighted by molar-refractivity contribution is 0.148. The number of carbonyl (C=O) groups is 2. The van der Waals surface area contributed by atoms with Crippen LogP contribution in [0.2, 0.25) is 0 Å². The molecule has 0 bridgehead atoms. The molecule has 3 N–H and O–H groups in total. The van der Waals surface area contributed by atoms with E-state index in [0.717, 1.165) is 29.1 Å². The van der Waals surface area contributed by atoms with Crippen LogP contribution in [0.4, 0.5) is 24.1 Å². The number of anilines is 1. The number of nitrogens with two attached hydrogens (primary N) is 1. The first-order valence-electron chi connectivity index (χ1n) is 16.0. The fourth-order valence-corrected chi connectivity index (χ4v) is 6.13. The van der Waals surface area contributed by atoms with E-state index in [1.54, 1.807) is 23.2 Å². The molecule has 1 aliphatic rings. The summed E-state index contributed by atoms with van der Waals surface area (Å²) < 4.78 is 40.3. The molecule has 1 atom stereocenters. The summed E-state index contributed by atoms with van der Waals surface area (Å²) in [6, 6.07) is 11.1. The van der Waals surface area contributed by atoms with Crippen LogP contribution in [0.5, 0.6) is 5.88 Å². The van der Waals surface area contributed by atoms with E-state index in [2.05, 4.69) is 25.2 Å². The van der Waals surface area contributed by atoms with Gasteiger partial charge in [0.1, 0.15) is 11.4 Å². The topological polar surface area (TPSA) is 163 Å². The summed E-state index contributed by atoms with van der Waals surface area (Å²) in [5, 5.41) is 3.06. The number of aromatic nitrogens is 6. The van der Waals surface area contributed by atoms with Gasteiger partial charge in [-0.1, -0.05) is 26.8 Å². The predicted molar refractivity (Wildman–Crippen MR) is 181 cm³/mol. The summed E-state index contributed by atoms with van der Waals surface area (Å²) in [6.45, 7) is 8.80. The number of hydrogen-bond donors (Lipinski definition) is 2. The van der Waals surface area contributed by atoms with Gasteiger partial charge in [0.25, 0.3) is 5.88 Å². The molecule has 13 nitrogen and oxygen atoms in total. The van der Waals surface area contributed by atoms with E-state index in [9.17, 15) is 18.4 Å². The van der Waals surface area contributed by atoms with E-state index in [0.29, 0.717) is 54.4 Å². The molecule has 1 saturated heterocycles. The first kappa shape index (κ1) is 34.1. The van der Waals surface area contributed by atoms with Gasteiger partial charge >= 0.3 is 12.2 Å². The van der Waals surface area contributed by atoms with E-state index >= 15 is 0 Å². The zero-order valence-electron chi connectivity index (χ0n) is 28.3. The maximum atomic E-state index is 14.4. The number of methoxy groups -OCH3 is 1. The van der Waals surface area contributed by atoms with Gasteiger partial charge in [-0.3, -0.25) is 9.97 Å². The highest BCUT2D eigenvalue weighted by molar-refractivity contribution is 5.80. The Morgan fingerprint density at radius 2 is 1.86 bits per heavy atom. The SMILES string of the molecule is COC(=O)NC1(c2cccc(C)n2)CCCN(c2cnc(-c3ccc(F)c(F)c3)cc2Cn2cnc3c(OC(N)=O)nc(C(C)(C)C)nc32)C1. The Hall–Kier alpha value is -5.73. The maximum absolute atomic E-state index is 14.4. The molecule has 2 amide bonds. The second kappa shape index (κ2) is 13.3. The van der Waals surface area contributed by atoms with Crippen LogP contribution in [0, 0.1) is 18.6 Å². The fourth-order valence-electron chi connectivity index (χ4n) is 6.13. The van der Waals surface area contributed by atoms with Crippen LogP contribution in [0.3, 0.4) is 0 Å². The molecule has 5 aromatic rings. The minimum absolute atomic E-state index is 0.0658. The molecule has 50 heavy (non-hydrogen) atoms. The molecule has 1 aliphatic heterocycles. The number of pyridine rings is 2. The van der Waals surface area contributed by atoms with Crippen molar-refractivity contribution in [3.63, 3.8) is 0 Å². The molecule has 0 aliphatic carbocycles. The summed E-state index contributed by atoms with van der Waals surface area (Å²) >= 11 is 0. The molecule has 1 unspecified atom stereocenters. The molecule has 260 valence electrons. The Balaban J connectivity index is 1.49. The fraction of sp³-hybridized carbons (Fsp3) is 0.343. The van der Waals surface area contributed by atoms with Crippen LogP contribution in [0.25, 0.3) is 22.4 Å². The lowest BCUT2D eigenvalue weighted by atomic mass is 9.84. The number of piperidine rings is 1. The summed E-state index contributed by atoms with van der Waals surface area (Å²) in [7, 11) is 1.32. The summed E-state index contributed by atoms with van der Waals surface area (Å²) in [5.74, 6) is -1.62.